The number of hydrogen-bond acceptors (Lipinski definition) is 3. The van der Waals surface area contributed by atoms with Crippen molar-refractivity contribution in [3.8, 4) is 0 Å². The Morgan fingerprint density at radius 1 is 1.26 bits per heavy atom. The van der Waals surface area contributed by atoms with Gasteiger partial charge >= 0.3 is 0 Å². The lowest BCUT2D eigenvalue weighted by atomic mass is 10.1. The first kappa shape index (κ1) is 16.1. The molecule has 0 heterocycles. The van der Waals surface area contributed by atoms with E-state index in [1.807, 2.05) is 13.0 Å². The van der Waals surface area contributed by atoms with Crippen LogP contribution in [0.15, 0.2) is 29.2 Å². The highest BCUT2D eigenvalue weighted by Gasteiger charge is 2.11. The molecule has 0 spiro atoms. The lowest BCUT2D eigenvalue weighted by Gasteiger charge is -2.15. The fourth-order valence-corrected chi connectivity index (χ4v) is 2.48. The van der Waals surface area contributed by atoms with Gasteiger partial charge in [0.15, 0.2) is 0 Å². The predicted molar refractivity (Wildman–Crippen MR) is 78.3 cm³/mol. The van der Waals surface area contributed by atoms with Crippen LogP contribution >= 0.6 is 0 Å². The van der Waals surface area contributed by atoms with Crippen LogP contribution in [-0.4, -0.2) is 15.0 Å². The SMILES string of the molecule is CC(C)CCCNC(C)c1cccc(S(N)(=O)=O)c1. The number of rotatable bonds is 7. The van der Waals surface area contributed by atoms with Gasteiger partial charge in [0.05, 0.1) is 4.90 Å². The lowest BCUT2D eigenvalue weighted by Crippen LogP contribution is -2.21. The third-order valence-electron chi connectivity index (χ3n) is 3.10. The van der Waals surface area contributed by atoms with Crippen LogP contribution in [0.4, 0.5) is 0 Å². The second-order valence-electron chi connectivity index (χ2n) is 5.33. The molecule has 3 N–H and O–H groups in total. The topological polar surface area (TPSA) is 72.2 Å². The molecular weight excluding hydrogens is 260 g/mol. The van der Waals surface area contributed by atoms with E-state index in [4.69, 9.17) is 5.14 Å². The molecule has 5 heteroatoms. The number of hydrogen-bond donors (Lipinski definition) is 2. The third kappa shape index (κ3) is 5.72. The van der Waals surface area contributed by atoms with Crippen LogP contribution in [-0.2, 0) is 10.0 Å². The van der Waals surface area contributed by atoms with E-state index in [1.54, 1.807) is 12.1 Å². The van der Waals surface area contributed by atoms with Gasteiger partial charge in [0.2, 0.25) is 10.0 Å². The maximum atomic E-state index is 11.3. The first-order valence-electron chi connectivity index (χ1n) is 6.67. The molecule has 1 aromatic carbocycles. The fraction of sp³-hybridized carbons (Fsp3) is 0.571. The molecule has 0 aliphatic heterocycles. The van der Waals surface area contributed by atoms with Crippen LogP contribution in [0.5, 0.6) is 0 Å². The zero-order chi connectivity index (χ0) is 14.5. The summed E-state index contributed by atoms with van der Waals surface area (Å²) < 4.78 is 22.6. The molecule has 0 bridgehead atoms. The quantitative estimate of drug-likeness (QED) is 0.755. The molecule has 19 heavy (non-hydrogen) atoms. The van der Waals surface area contributed by atoms with Crippen molar-refractivity contribution in [2.45, 2.75) is 44.6 Å². The Labute approximate surface area is 116 Å². The molecule has 1 aromatic rings. The molecule has 0 aliphatic carbocycles. The van der Waals surface area contributed by atoms with Crippen molar-refractivity contribution >= 4 is 10.0 Å². The summed E-state index contributed by atoms with van der Waals surface area (Å²) in [6.07, 6.45) is 2.31. The van der Waals surface area contributed by atoms with Crippen molar-refractivity contribution in [3.05, 3.63) is 29.8 Å². The van der Waals surface area contributed by atoms with Crippen molar-refractivity contribution in [2.75, 3.05) is 6.54 Å². The predicted octanol–water partition coefficient (Wildman–Crippen LogP) is 2.42. The Kier molecular flexibility index (Phi) is 5.97. The minimum atomic E-state index is -3.62. The largest absolute Gasteiger partial charge is 0.310 e. The highest BCUT2D eigenvalue weighted by atomic mass is 32.2. The maximum absolute atomic E-state index is 11.3. The molecule has 0 radical (unpaired) electrons. The van der Waals surface area contributed by atoms with E-state index in [2.05, 4.69) is 19.2 Å². The van der Waals surface area contributed by atoms with Crippen LogP contribution in [0.3, 0.4) is 0 Å². The Morgan fingerprint density at radius 2 is 1.95 bits per heavy atom. The highest BCUT2D eigenvalue weighted by Crippen LogP contribution is 2.16. The van der Waals surface area contributed by atoms with Crippen LogP contribution in [0.2, 0.25) is 0 Å². The van der Waals surface area contributed by atoms with E-state index in [0.29, 0.717) is 5.92 Å². The van der Waals surface area contributed by atoms with Crippen LogP contribution in [0.25, 0.3) is 0 Å². The Hall–Kier alpha value is -0.910. The Morgan fingerprint density at radius 3 is 2.53 bits per heavy atom. The van der Waals surface area contributed by atoms with E-state index in [-0.39, 0.29) is 10.9 Å². The van der Waals surface area contributed by atoms with E-state index in [9.17, 15) is 8.42 Å². The van der Waals surface area contributed by atoms with Crippen molar-refractivity contribution < 1.29 is 8.42 Å². The number of benzene rings is 1. The van der Waals surface area contributed by atoms with Gasteiger partial charge in [-0.2, -0.15) is 0 Å². The second-order valence-corrected chi connectivity index (χ2v) is 6.89. The van der Waals surface area contributed by atoms with Gasteiger partial charge in [0.25, 0.3) is 0 Å². The molecule has 1 rings (SSSR count). The third-order valence-corrected chi connectivity index (χ3v) is 4.01. The summed E-state index contributed by atoms with van der Waals surface area (Å²) in [5.41, 5.74) is 0.941. The van der Waals surface area contributed by atoms with Gasteiger partial charge in [-0.3, -0.25) is 0 Å². The minimum absolute atomic E-state index is 0.119. The molecule has 0 aliphatic rings. The van der Waals surface area contributed by atoms with E-state index in [1.165, 1.54) is 12.5 Å². The second kappa shape index (κ2) is 7.03. The molecule has 1 unspecified atom stereocenters. The van der Waals surface area contributed by atoms with Gasteiger partial charge in [-0.15, -0.1) is 0 Å². The molecule has 0 saturated heterocycles. The van der Waals surface area contributed by atoms with Gasteiger partial charge in [0, 0.05) is 6.04 Å². The summed E-state index contributed by atoms with van der Waals surface area (Å²) >= 11 is 0. The molecule has 0 saturated carbocycles. The van der Waals surface area contributed by atoms with Gasteiger partial charge in [-0.1, -0.05) is 26.0 Å². The minimum Gasteiger partial charge on any atom is -0.310 e. The molecule has 1 atom stereocenters. The van der Waals surface area contributed by atoms with Crippen LogP contribution in [0, 0.1) is 5.92 Å². The summed E-state index contributed by atoms with van der Waals surface area (Å²) in [4.78, 5) is 0.167. The molecule has 0 aromatic heterocycles. The Bertz CT molecular complexity index is 498. The average molecular weight is 284 g/mol. The van der Waals surface area contributed by atoms with Crippen molar-refractivity contribution in [1.29, 1.82) is 0 Å². The normalized spacial score (nSPS) is 13.7. The fourth-order valence-electron chi connectivity index (χ4n) is 1.91. The first-order chi connectivity index (χ1) is 8.80. The smallest absolute Gasteiger partial charge is 0.238 e. The van der Waals surface area contributed by atoms with E-state index in [0.717, 1.165) is 18.5 Å². The standard InChI is InChI=1S/C14H24N2O2S/c1-11(2)6-5-9-16-12(3)13-7-4-8-14(10-13)19(15,17)18/h4,7-8,10-12,16H,5-6,9H2,1-3H3,(H2,15,17,18). The zero-order valence-electron chi connectivity index (χ0n) is 11.9. The van der Waals surface area contributed by atoms with Gasteiger partial charge in [-0.25, -0.2) is 13.6 Å². The van der Waals surface area contributed by atoms with Gasteiger partial charge in [0.1, 0.15) is 0 Å². The lowest BCUT2D eigenvalue weighted by molar-refractivity contribution is 0.497. The highest BCUT2D eigenvalue weighted by molar-refractivity contribution is 7.89. The summed E-state index contributed by atoms with van der Waals surface area (Å²) in [5.74, 6) is 0.711. The summed E-state index contributed by atoms with van der Waals surface area (Å²) in [5, 5.41) is 8.53. The van der Waals surface area contributed by atoms with Crippen LogP contribution in [0.1, 0.15) is 45.2 Å². The van der Waals surface area contributed by atoms with Crippen molar-refractivity contribution in [1.82, 2.24) is 5.32 Å². The molecule has 0 amide bonds. The monoisotopic (exact) mass is 284 g/mol. The summed E-state index contributed by atoms with van der Waals surface area (Å²) in [7, 11) is -3.62. The first-order valence-corrected chi connectivity index (χ1v) is 8.21. The summed E-state index contributed by atoms with van der Waals surface area (Å²) in [6.45, 7) is 7.37. The number of primary sulfonamides is 1. The molecule has 0 fully saturated rings. The zero-order valence-corrected chi connectivity index (χ0v) is 12.7. The van der Waals surface area contributed by atoms with E-state index >= 15 is 0 Å². The van der Waals surface area contributed by atoms with Gasteiger partial charge in [-0.05, 0) is 49.9 Å². The Balaban J connectivity index is 2.60. The van der Waals surface area contributed by atoms with Gasteiger partial charge < -0.3 is 5.32 Å². The molecular formula is C14H24N2O2S. The summed E-state index contributed by atoms with van der Waals surface area (Å²) in [6, 6.07) is 6.91. The van der Waals surface area contributed by atoms with Crippen LogP contribution < -0.4 is 10.5 Å². The van der Waals surface area contributed by atoms with E-state index < -0.39 is 10.0 Å². The molecule has 4 nitrogen and oxygen atoms in total. The van der Waals surface area contributed by atoms with Crippen molar-refractivity contribution in [3.63, 3.8) is 0 Å². The number of nitrogens with two attached hydrogens (primary N) is 1. The number of nitrogens with one attached hydrogen (secondary N) is 1. The molecule has 108 valence electrons. The van der Waals surface area contributed by atoms with Crippen molar-refractivity contribution in [2.24, 2.45) is 11.1 Å². The number of sulfonamides is 1. The maximum Gasteiger partial charge on any atom is 0.238 e. The average Bonchev–Trinajstić information content (AvgIpc) is 2.33.